The molecule has 17 nitrogen and oxygen atoms in total. The van der Waals surface area contributed by atoms with E-state index in [1.807, 2.05) is 0 Å². The molecule has 1 aliphatic heterocycles. The van der Waals surface area contributed by atoms with Crippen molar-refractivity contribution < 1.29 is 63.6 Å². The third-order valence-electron chi connectivity index (χ3n) is 8.53. The van der Waals surface area contributed by atoms with E-state index < -0.39 is 101 Å². The van der Waals surface area contributed by atoms with Gasteiger partial charge in [0, 0.05) is 38.0 Å². The molecule has 1 unspecified atom stereocenters. The molecule has 2 aliphatic carbocycles. The maximum Gasteiger partial charge on any atom is 0.410 e. The minimum Gasteiger partial charge on any atom is -0.444 e. The molecule has 3 rings (SSSR count). The van der Waals surface area contributed by atoms with Crippen LogP contribution in [0.15, 0.2) is 0 Å². The Morgan fingerprint density at radius 1 is 0.840 bits per heavy atom. The van der Waals surface area contributed by atoms with E-state index in [1.165, 1.54) is 14.0 Å². The summed E-state index contributed by atoms with van der Waals surface area (Å²) < 4.78 is 27.9. The van der Waals surface area contributed by atoms with Crippen molar-refractivity contribution in [3.05, 3.63) is 0 Å². The molecule has 17 heteroatoms. The highest BCUT2D eigenvalue weighted by Gasteiger charge is 2.54. The fourth-order valence-corrected chi connectivity index (χ4v) is 6.44. The quantitative estimate of drug-likeness (QED) is 0.128. The number of carbonyl (C=O) groups is 3. The Hall–Kier alpha value is -2.51. The second kappa shape index (κ2) is 15.2. The van der Waals surface area contributed by atoms with E-state index in [0.29, 0.717) is 0 Å². The van der Waals surface area contributed by atoms with Crippen molar-refractivity contribution >= 4 is 18.3 Å². The van der Waals surface area contributed by atoms with Gasteiger partial charge in [-0.3, -0.25) is 5.32 Å². The van der Waals surface area contributed by atoms with Gasteiger partial charge >= 0.3 is 18.3 Å². The number of carbonyl (C=O) groups excluding carboxylic acids is 3. The molecule has 0 spiro atoms. The first-order chi connectivity index (χ1) is 22.6. The first-order valence-electron chi connectivity index (χ1n) is 17.1. The Bertz CT molecular complexity index is 1190. The van der Waals surface area contributed by atoms with Crippen LogP contribution < -0.4 is 16.0 Å². The van der Waals surface area contributed by atoms with Crippen LogP contribution in [0.3, 0.4) is 0 Å². The van der Waals surface area contributed by atoms with Gasteiger partial charge in [0.15, 0.2) is 6.29 Å². The molecule has 0 bridgehead atoms. The van der Waals surface area contributed by atoms with Gasteiger partial charge in [0.25, 0.3) is 0 Å². The lowest BCUT2D eigenvalue weighted by Gasteiger charge is -2.51. The molecule has 50 heavy (non-hydrogen) atoms. The third kappa shape index (κ3) is 11.5. The molecular formula is C33H60N4O13. The number of nitrogens with one attached hydrogen (secondary N) is 3. The molecule has 3 fully saturated rings. The Labute approximate surface area is 294 Å². The molecule has 290 valence electrons. The van der Waals surface area contributed by atoms with Crippen LogP contribution in [0.25, 0.3) is 0 Å². The highest BCUT2D eigenvalue weighted by molar-refractivity contribution is 5.69. The van der Waals surface area contributed by atoms with Gasteiger partial charge in [-0.1, -0.05) is 0 Å². The SMILES string of the molecule is CN(C(=O)OC(C)(C)C)[C@@H]1[C@@H](O)[C@@H](O[C@@H]2[C@@H](O)C[C@@H](NC(=O)OC(C)(C)C)C[C@H]2NC(O)C2(O)CC(NC(=O)OC(C)(C)C)C2)OC[C@]1(C)O. The molecule has 9 atom stereocenters. The molecule has 1 heterocycles. The molecule has 0 aromatic carbocycles. The summed E-state index contributed by atoms with van der Waals surface area (Å²) in [7, 11) is 1.37. The summed E-state index contributed by atoms with van der Waals surface area (Å²) in [4.78, 5) is 38.8. The largest absolute Gasteiger partial charge is 0.444 e. The van der Waals surface area contributed by atoms with E-state index >= 15 is 0 Å². The summed E-state index contributed by atoms with van der Waals surface area (Å²) >= 11 is 0. The topological polar surface area (TPSA) is 238 Å². The Morgan fingerprint density at radius 3 is 1.84 bits per heavy atom. The van der Waals surface area contributed by atoms with Crippen LogP contribution in [0.2, 0.25) is 0 Å². The number of hydrogen-bond acceptors (Lipinski definition) is 14. The van der Waals surface area contributed by atoms with Crippen LogP contribution in [0.5, 0.6) is 0 Å². The zero-order valence-corrected chi connectivity index (χ0v) is 31.2. The van der Waals surface area contributed by atoms with Crippen molar-refractivity contribution in [2.24, 2.45) is 0 Å². The lowest BCUT2D eigenvalue weighted by atomic mass is 9.73. The first kappa shape index (κ1) is 41.9. The average molecular weight is 721 g/mol. The van der Waals surface area contributed by atoms with Gasteiger partial charge in [-0.2, -0.15) is 0 Å². The van der Waals surface area contributed by atoms with Crippen LogP contribution in [0.4, 0.5) is 14.4 Å². The molecule has 2 saturated carbocycles. The number of nitrogens with zero attached hydrogens (tertiary/aromatic N) is 1. The van der Waals surface area contributed by atoms with Crippen molar-refractivity contribution in [3.63, 3.8) is 0 Å². The average Bonchev–Trinajstić information content (AvgIpc) is 2.87. The van der Waals surface area contributed by atoms with Crippen LogP contribution in [-0.2, 0) is 23.7 Å². The molecule has 1 saturated heterocycles. The molecular weight excluding hydrogens is 660 g/mol. The number of ether oxygens (including phenoxy) is 5. The van der Waals surface area contributed by atoms with Gasteiger partial charge in [-0.05, 0) is 82.1 Å². The van der Waals surface area contributed by atoms with Gasteiger partial charge < -0.3 is 64.8 Å². The minimum atomic E-state index is -1.72. The van der Waals surface area contributed by atoms with Crippen molar-refractivity contribution in [1.29, 1.82) is 0 Å². The standard InChI is InChI=1S/C33H60N4O13/c1-29(2,3)48-26(41)34-17-12-19(36-25(40)33(45)14-18(15-33)35-27(42)49-30(4,5)6)22(20(38)13-17)47-24-21(39)23(32(10,44)16-46-24)37(11)28(43)50-31(7,8)9/h17-25,36,38-40,44-45H,12-16H2,1-11H3,(H,34,41)(H,35,42)/t17-,18?,19+,20-,21+,22-,23+,24+,25?,32-,33?/m0/s1. The zero-order valence-electron chi connectivity index (χ0n) is 31.2. The van der Waals surface area contributed by atoms with Crippen LogP contribution in [-0.4, -0.2) is 145 Å². The normalized spacial score (nSPS) is 35.6. The van der Waals surface area contributed by atoms with E-state index in [-0.39, 0.29) is 32.3 Å². The summed E-state index contributed by atoms with van der Waals surface area (Å²) in [6.45, 7) is 16.4. The molecule has 0 radical (unpaired) electrons. The highest BCUT2D eigenvalue weighted by atomic mass is 16.7. The molecule has 0 aromatic rings. The van der Waals surface area contributed by atoms with E-state index in [1.54, 1.807) is 62.3 Å². The van der Waals surface area contributed by atoms with Gasteiger partial charge in [0.05, 0.1) is 18.8 Å². The van der Waals surface area contributed by atoms with Gasteiger partial charge in [-0.15, -0.1) is 0 Å². The van der Waals surface area contributed by atoms with E-state index in [0.717, 1.165) is 4.90 Å². The second-order valence-electron chi connectivity index (χ2n) is 17.1. The highest BCUT2D eigenvalue weighted by Crippen LogP contribution is 2.37. The zero-order chi connectivity index (χ0) is 38.2. The van der Waals surface area contributed by atoms with Crippen LogP contribution >= 0.6 is 0 Å². The number of likely N-dealkylation sites (N-methyl/N-ethyl adjacent to an activating group) is 1. The fourth-order valence-electron chi connectivity index (χ4n) is 6.44. The monoisotopic (exact) mass is 720 g/mol. The maximum atomic E-state index is 12.9. The van der Waals surface area contributed by atoms with E-state index in [9.17, 15) is 39.9 Å². The summed E-state index contributed by atoms with van der Waals surface area (Å²) in [5, 5.41) is 64.6. The summed E-state index contributed by atoms with van der Waals surface area (Å²) in [5.41, 5.74) is -5.75. The maximum absolute atomic E-state index is 12.9. The Morgan fingerprint density at radius 2 is 1.34 bits per heavy atom. The molecule has 3 amide bonds. The molecule has 8 N–H and O–H groups in total. The van der Waals surface area contributed by atoms with Gasteiger partial charge in [0.1, 0.15) is 46.4 Å². The number of amides is 3. The van der Waals surface area contributed by atoms with Crippen LogP contribution in [0.1, 0.15) is 94.9 Å². The summed E-state index contributed by atoms with van der Waals surface area (Å²) in [5.74, 6) is 0. The van der Waals surface area contributed by atoms with Crippen LogP contribution in [0, 0.1) is 0 Å². The Balaban J connectivity index is 1.79. The number of rotatable bonds is 8. The molecule has 0 aromatic heterocycles. The van der Waals surface area contributed by atoms with Gasteiger partial charge in [-0.25, -0.2) is 14.4 Å². The smallest absolute Gasteiger partial charge is 0.410 e. The minimum absolute atomic E-state index is 0.00783. The van der Waals surface area contributed by atoms with E-state index in [2.05, 4.69) is 16.0 Å². The van der Waals surface area contributed by atoms with Gasteiger partial charge in [0.2, 0.25) is 0 Å². The predicted molar refractivity (Wildman–Crippen MR) is 178 cm³/mol. The number of aliphatic hydroxyl groups excluding tert-OH is 3. The van der Waals surface area contributed by atoms with Crippen molar-refractivity contribution in [1.82, 2.24) is 20.9 Å². The van der Waals surface area contributed by atoms with E-state index in [4.69, 9.17) is 23.7 Å². The van der Waals surface area contributed by atoms with Crippen molar-refractivity contribution in [3.8, 4) is 0 Å². The second-order valence-corrected chi connectivity index (χ2v) is 17.1. The first-order valence-corrected chi connectivity index (χ1v) is 17.1. The lowest BCUT2D eigenvalue weighted by Crippen LogP contribution is -2.70. The lowest BCUT2D eigenvalue weighted by molar-refractivity contribution is -0.303. The summed E-state index contributed by atoms with van der Waals surface area (Å²) in [6, 6.07) is -3.34. The molecule has 3 aliphatic rings. The van der Waals surface area contributed by atoms with Crippen molar-refractivity contribution in [2.45, 2.75) is 178 Å². The number of hydrogen-bond donors (Lipinski definition) is 8. The van der Waals surface area contributed by atoms with Crippen molar-refractivity contribution in [2.75, 3.05) is 13.7 Å². The summed E-state index contributed by atoms with van der Waals surface area (Å²) in [6.07, 6.45) is -9.28. The predicted octanol–water partition coefficient (Wildman–Crippen LogP) is 0.818. The number of aliphatic hydroxyl groups is 5. The third-order valence-corrected chi connectivity index (χ3v) is 8.53. The fraction of sp³-hybridized carbons (Fsp3) is 0.909. The Kier molecular flexibility index (Phi) is 12.8. The number of alkyl carbamates (subject to hydrolysis) is 2.